The van der Waals surface area contributed by atoms with E-state index in [1.165, 1.54) is 17.0 Å². The number of allylic oxidation sites excluding steroid dienone is 1. The summed E-state index contributed by atoms with van der Waals surface area (Å²) in [6, 6.07) is 4.04. The second-order valence-electron chi connectivity index (χ2n) is 5.35. The third-order valence-electron chi connectivity index (χ3n) is 3.09. The van der Waals surface area contributed by atoms with Gasteiger partial charge in [-0.2, -0.15) is 18.3 Å². The average Bonchev–Trinajstić information content (AvgIpc) is 2.37. The van der Waals surface area contributed by atoms with Crippen LogP contribution in [-0.4, -0.2) is 30.2 Å². The van der Waals surface area contributed by atoms with Crippen LogP contribution in [-0.2, 0) is 11.0 Å². The molecule has 0 unspecified atom stereocenters. The quantitative estimate of drug-likeness (QED) is 0.913. The molecule has 1 aliphatic rings. The highest BCUT2D eigenvalue weighted by Gasteiger charge is 2.34. The number of benzene rings is 1. The van der Waals surface area contributed by atoms with Crippen LogP contribution in [0.25, 0.3) is 6.08 Å². The van der Waals surface area contributed by atoms with Gasteiger partial charge in [0.2, 0.25) is 0 Å². The van der Waals surface area contributed by atoms with E-state index in [9.17, 15) is 18.0 Å². The van der Waals surface area contributed by atoms with Gasteiger partial charge in [-0.25, -0.2) is 5.43 Å². The molecule has 0 saturated heterocycles. The number of amides is 1. The average molecular weight is 311 g/mol. The molecule has 22 heavy (non-hydrogen) atoms. The molecular weight excluding hydrogens is 295 g/mol. The molecule has 4 nitrogen and oxygen atoms in total. The number of hydrazone groups is 1. The largest absolute Gasteiger partial charge is 0.417 e. The van der Waals surface area contributed by atoms with Crippen LogP contribution in [0.15, 0.2) is 28.9 Å². The molecule has 1 amide bonds. The number of rotatable bonds is 2. The Labute approximate surface area is 126 Å². The van der Waals surface area contributed by atoms with Crippen molar-refractivity contribution in [3.05, 3.63) is 40.5 Å². The van der Waals surface area contributed by atoms with Gasteiger partial charge in [0.05, 0.1) is 12.1 Å². The molecule has 1 aliphatic heterocycles. The first-order valence-corrected chi connectivity index (χ1v) is 6.62. The normalized spacial score (nSPS) is 15.3. The minimum atomic E-state index is -4.46. The zero-order valence-corrected chi connectivity index (χ0v) is 12.5. The van der Waals surface area contributed by atoms with E-state index in [0.717, 1.165) is 11.6 Å². The molecule has 2 rings (SSSR count). The molecule has 0 bridgehead atoms. The maximum Gasteiger partial charge on any atom is 0.417 e. The van der Waals surface area contributed by atoms with E-state index in [1.54, 1.807) is 27.0 Å². The summed E-state index contributed by atoms with van der Waals surface area (Å²) in [6.45, 7) is 3.53. The van der Waals surface area contributed by atoms with Crippen molar-refractivity contribution in [2.75, 3.05) is 13.6 Å². The van der Waals surface area contributed by atoms with Crippen LogP contribution in [0.4, 0.5) is 13.2 Å². The number of carbonyl (C=O) groups excluding carboxylic acids is 1. The van der Waals surface area contributed by atoms with E-state index in [-0.39, 0.29) is 18.0 Å². The fourth-order valence-corrected chi connectivity index (χ4v) is 2.19. The smallest absolute Gasteiger partial charge is 0.348 e. The van der Waals surface area contributed by atoms with E-state index >= 15 is 0 Å². The van der Waals surface area contributed by atoms with Crippen molar-refractivity contribution in [3.8, 4) is 0 Å². The summed E-state index contributed by atoms with van der Waals surface area (Å²) in [4.78, 5) is 12.7. The van der Waals surface area contributed by atoms with Crippen molar-refractivity contribution in [2.45, 2.75) is 20.0 Å². The highest BCUT2D eigenvalue weighted by atomic mass is 19.4. The van der Waals surface area contributed by atoms with Crippen molar-refractivity contribution in [1.29, 1.82) is 0 Å². The first-order valence-electron chi connectivity index (χ1n) is 6.62. The first kappa shape index (κ1) is 16.1. The lowest BCUT2D eigenvalue weighted by Crippen LogP contribution is -2.43. The Morgan fingerprint density at radius 3 is 2.59 bits per heavy atom. The van der Waals surface area contributed by atoms with E-state index in [1.807, 2.05) is 0 Å². The van der Waals surface area contributed by atoms with Gasteiger partial charge in [-0.1, -0.05) is 23.8 Å². The van der Waals surface area contributed by atoms with E-state index in [2.05, 4.69) is 10.5 Å². The first-order chi connectivity index (χ1) is 10.2. The maximum absolute atomic E-state index is 13.3. The Hall–Kier alpha value is -2.31. The summed E-state index contributed by atoms with van der Waals surface area (Å²) in [6.07, 6.45) is -2.98. The van der Waals surface area contributed by atoms with Crippen LogP contribution in [0.2, 0.25) is 0 Å². The van der Waals surface area contributed by atoms with Crippen molar-refractivity contribution in [1.82, 2.24) is 10.3 Å². The Morgan fingerprint density at radius 1 is 1.36 bits per heavy atom. The zero-order chi connectivity index (χ0) is 16.5. The predicted molar refractivity (Wildman–Crippen MR) is 78.1 cm³/mol. The van der Waals surface area contributed by atoms with Gasteiger partial charge >= 0.3 is 6.18 Å². The second-order valence-corrected chi connectivity index (χ2v) is 5.35. The van der Waals surface area contributed by atoms with Gasteiger partial charge in [0.1, 0.15) is 0 Å². The van der Waals surface area contributed by atoms with Crippen LogP contribution < -0.4 is 5.43 Å². The number of alkyl halides is 3. The van der Waals surface area contributed by atoms with Gasteiger partial charge in [-0.05, 0) is 25.5 Å². The van der Waals surface area contributed by atoms with Crippen LogP contribution in [0.5, 0.6) is 0 Å². The van der Waals surface area contributed by atoms with E-state index in [0.29, 0.717) is 11.4 Å². The van der Waals surface area contributed by atoms with Crippen molar-refractivity contribution in [2.24, 2.45) is 5.10 Å². The van der Waals surface area contributed by atoms with Crippen LogP contribution in [0.1, 0.15) is 30.5 Å². The molecule has 0 aliphatic carbocycles. The van der Waals surface area contributed by atoms with E-state index in [4.69, 9.17) is 0 Å². The number of halogens is 3. The summed E-state index contributed by atoms with van der Waals surface area (Å²) >= 11 is 0. The van der Waals surface area contributed by atoms with Gasteiger partial charge in [0.25, 0.3) is 5.91 Å². The lowest BCUT2D eigenvalue weighted by atomic mass is 10.0. The Morgan fingerprint density at radius 2 is 2.05 bits per heavy atom. The molecule has 0 fully saturated rings. The molecule has 118 valence electrons. The molecule has 0 aromatic heterocycles. The summed E-state index contributed by atoms with van der Waals surface area (Å²) in [5.74, 6) is -0.00249. The topological polar surface area (TPSA) is 44.7 Å². The van der Waals surface area contributed by atoms with Gasteiger partial charge in [-0.15, -0.1) is 0 Å². The highest BCUT2D eigenvalue weighted by molar-refractivity contribution is 6.03. The van der Waals surface area contributed by atoms with Crippen LogP contribution in [0, 0.1) is 0 Å². The maximum atomic E-state index is 13.3. The van der Waals surface area contributed by atoms with Gasteiger partial charge < -0.3 is 4.90 Å². The number of amidine groups is 1. The fraction of sp³-hybridized carbons (Fsp3) is 0.333. The van der Waals surface area contributed by atoms with Gasteiger partial charge in [0, 0.05) is 12.6 Å². The minimum Gasteiger partial charge on any atom is -0.348 e. The summed E-state index contributed by atoms with van der Waals surface area (Å²) in [5, 5.41) is 3.84. The Balaban J connectivity index is 2.52. The van der Waals surface area contributed by atoms with Crippen LogP contribution >= 0.6 is 0 Å². The number of nitrogens with one attached hydrogen (secondary N) is 1. The van der Waals surface area contributed by atoms with Crippen molar-refractivity contribution < 1.29 is 18.0 Å². The lowest BCUT2D eigenvalue weighted by Gasteiger charge is -2.25. The monoisotopic (exact) mass is 311 g/mol. The molecule has 1 aromatic rings. The molecule has 1 heterocycles. The third-order valence-corrected chi connectivity index (χ3v) is 3.09. The predicted octanol–water partition coefficient (Wildman–Crippen LogP) is 2.85. The number of likely N-dealkylation sites (N-methyl/N-ethyl adjacent to an activating group) is 1. The van der Waals surface area contributed by atoms with Gasteiger partial charge in [0.15, 0.2) is 5.84 Å². The molecule has 0 atom stereocenters. The molecule has 0 radical (unpaired) electrons. The summed E-state index contributed by atoms with van der Waals surface area (Å²) in [5.41, 5.74) is 2.75. The molecular formula is C15H16F3N3O. The number of carbonyl (C=O) groups is 1. The Kier molecular flexibility index (Phi) is 4.25. The second kappa shape index (κ2) is 5.82. The lowest BCUT2D eigenvalue weighted by molar-refractivity contribution is -0.137. The van der Waals surface area contributed by atoms with Gasteiger partial charge in [-0.3, -0.25) is 4.79 Å². The zero-order valence-electron chi connectivity index (χ0n) is 12.5. The number of nitrogens with zero attached hydrogens (tertiary/aromatic N) is 2. The number of hydrogen-bond donors (Lipinski definition) is 1. The molecule has 1 aromatic carbocycles. The number of hydrogen-bond acceptors (Lipinski definition) is 3. The minimum absolute atomic E-state index is 0.0515. The Bertz CT molecular complexity index is 658. The highest BCUT2D eigenvalue weighted by Crippen LogP contribution is 2.34. The van der Waals surface area contributed by atoms with Crippen molar-refractivity contribution >= 4 is 17.8 Å². The molecule has 7 heteroatoms. The molecule has 1 N–H and O–H groups in total. The van der Waals surface area contributed by atoms with Crippen molar-refractivity contribution in [3.63, 3.8) is 0 Å². The molecule has 0 spiro atoms. The fourth-order valence-electron chi connectivity index (χ4n) is 2.19. The molecule has 0 saturated carbocycles. The van der Waals surface area contributed by atoms with E-state index < -0.39 is 11.7 Å². The standard InChI is InChI=1S/C15H16F3N3O/c1-9(2)6-10-4-5-11(7-12(10)15(16,17)18)14-20-19-13(22)8-21(14)3/h4-7H,8H2,1-3H3,(H,19,22). The summed E-state index contributed by atoms with van der Waals surface area (Å²) < 4.78 is 39.8. The third kappa shape index (κ3) is 3.47. The SMILES string of the molecule is CC(C)=Cc1ccc(C2=NNC(=O)CN2C)cc1C(F)(F)F. The summed E-state index contributed by atoms with van der Waals surface area (Å²) in [7, 11) is 1.61. The van der Waals surface area contributed by atoms with Crippen LogP contribution in [0.3, 0.4) is 0 Å².